The fraction of sp³-hybridized carbons (Fsp3) is 0.923. The van der Waals surface area contributed by atoms with Crippen LogP contribution in [-0.4, -0.2) is 36.5 Å². The summed E-state index contributed by atoms with van der Waals surface area (Å²) in [4.78, 5) is 14.4. The predicted molar refractivity (Wildman–Crippen MR) is 65.2 cm³/mol. The van der Waals surface area contributed by atoms with Gasteiger partial charge in [-0.25, -0.2) is 0 Å². The van der Waals surface area contributed by atoms with Gasteiger partial charge >= 0.3 is 0 Å². The first kappa shape index (κ1) is 11.9. The van der Waals surface area contributed by atoms with E-state index in [9.17, 15) is 4.79 Å². The molecule has 1 amide bonds. The van der Waals surface area contributed by atoms with Gasteiger partial charge in [0.25, 0.3) is 0 Å². The molecule has 2 heterocycles. The Labute approximate surface area is 98.6 Å². The summed E-state index contributed by atoms with van der Waals surface area (Å²) >= 11 is 0. The lowest BCUT2D eigenvalue weighted by atomic mass is 9.93. The molecule has 3 nitrogen and oxygen atoms in total. The highest BCUT2D eigenvalue weighted by molar-refractivity contribution is 5.82. The lowest BCUT2D eigenvalue weighted by Crippen LogP contribution is -2.50. The van der Waals surface area contributed by atoms with Crippen molar-refractivity contribution in [1.29, 1.82) is 0 Å². The molecule has 2 atom stereocenters. The van der Waals surface area contributed by atoms with Crippen molar-refractivity contribution in [1.82, 2.24) is 10.2 Å². The fourth-order valence-corrected chi connectivity index (χ4v) is 2.81. The van der Waals surface area contributed by atoms with Gasteiger partial charge in [-0.3, -0.25) is 4.79 Å². The van der Waals surface area contributed by atoms with E-state index in [-0.39, 0.29) is 6.04 Å². The van der Waals surface area contributed by atoms with Crippen molar-refractivity contribution in [2.24, 2.45) is 5.92 Å². The van der Waals surface area contributed by atoms with Crippen LogP contribution in [0, 0.1) is 5.92 Å². The van der Waals surface area contributed by atoms with Crippen LogP contribution in [0.1, 0.15) is 45.4 Å². The lowest BCUT2D eigenvalue weighted by Gasteiger charge is -2.31. The van der Waals surface area contributed by atoms with Crippen molar-refractivity contribution >= 4 is 5.91 Å². The maximum absolute atomic E-state index is 12.3. The van der Waals surface area contributed by atoms with Gasteiger partial charge in [0, 0.05) is 13.1 Å². The molecule has 2 fully saturated rings. The number of nitrogens with one attached hydrogen (secondary N) is 1. The Morgan fingerprint density at radius 3 is 2.50 bits per heavy atom. The summed E-state index contributed by atoms with van der Waals surface area (Å²) in [6.45, 7) is 5.21. The molecule has 2 saturated heterocycles. The molecule has 2 aliphatic rings. The highest BCUT2D eigenvalue weighted by Gasteiger charge is 2.28. The molecule has 92 valence electrons. The van der Waals surface area contributed by atoms with Crippen molar-refractivity contribution in [3.63, 3.8) is 0 Å². The van der Waals surface area contributed by atoms with Crippen LogP contribution < -0.4 is 5.32 Å². The summed E-state index contributed by atoms with van der Waals surface area (Å²) in [5.41, 5.74) is 0. The van der Waals surface area contributed by atoms with E-state index >= 15 is 0 Å². The van der Waals surface area contributed by atoms with Crippen LogP contribution in [0.25, 0.3) is 0 Å². The average Bonchev–Trinajstić information content (AvgIpc) is 2.56. The zero-order valence-corrected chi connectivity index (χ0v) is 10.4. The summed E-state index contributed by atoms with van der Waals surface area (Å²) in [5.74, 6) is 1.05. The molecule has 1 N–H and O–H groups in total. The van der Waals surface area contributed by atoms with E-state index in [0.717, 1.165) is 26.1 Å². The molecule has 16 heavy (non-hydrogen) atoms. The van der Waals surface area contributed by atoms with Crippen LogP contribution in [-0.2, 0) is 4.79 Å². The first-order chi connectivity index (χ1) is 7.77. The third-order valence-corrected chi connectivity index (χ3v) is 3.88. The van der Waals surface area contributed by atoms with Crippen molar-refractivity contribution in [3.8, 4) is 0 Å². The van der Waals surface area contributed by atoms with Crippen LogP contribution >= 0.6 is 0 Å². The predicted octanol–water partition coefficient (Wildman–Crippen LogP) is 1.78. The maximum Gasteiger partial charge on any atom is 0.239 e. The monoisotopic (exact) mass is 224 g/mol. The zero-order valence-electron chi connectivity index (χ0n) is 10.4. The van der Waals surface area contributed by atoms with E-state index in [4.69, 9.17) is 0 Å². The van der Waals surface area contributed by atoms with Gasteiger partial charge in [0.15, 0.2) is 0 Å². The summed E-state index contributed by atoms with van der Waals surface area (Å²) in [6, 6.07) is 0.0989. The van der Waals surface area contributed by atoms with E-state index in [1.54, 1.807) is 0 Å². The second kappa shape index (κ2) is 5.67. The Bertz CT molecular complexity index is 230. The van der Waals surface area contributed by atoms with Gasteiger partial charge < -0.3 is 10.2 Å². The summed E-state index contributed by atoms with van der Waals surface area (Å²) in [6.07, 6.45) is 7.19. The second-order valence-electron chi connectivity index (χ2n) is 5.38. The molecule has 3 heteroatoms. The summed E-state index contributed by atoms with van der Waals surface area (Å²) in [5, 5.41) is 3.38. The molecular formula is C13H24N2O. The summed E-state index contributed by atoms with van der Waals surface area (Å²) in [7, 11) is 0. The van der Waals surface area contributed by atoms with Crippen LogP contribution in [0.2, 0.25) is 0 Å². The van der Waals surface area contributed by atoms with Gasteiger partial charge in [-0.15, -0.1) is 0 Å². The molecule has 0 aromatic rings. The number of nitrogens with zero attached hydrogens (tertiary/aromatic N) is 1. The molecule has 2 unspecified atom stereocenters. The normalized spacial score (nSPS) is 32.2. The quantitative estimate of drug-likeness (QED) is 0.736. The topological polar surface area (TPSA) is 32.3 Å². The minimum Gasteiger partial charge on any atom is -0.341 e. The maximum atomic E-state index is 12.3. The Balaban J connectivity index is 1.89. The Morgan fingerprint density at radius 2 is 1.88 bits per heavy atom. The van der Waals surface area contributed by atoms with E-state index in [0.29, 0.717) is 11.8 Å². The fourth-order valence-electron chi connectivity index (χ4n) is 2.81. The standard InChI is InChI=1S/C13H24N2O/c1-11-6-7-14-12(10-11)13(16)15-8-4-2-3-5-9-15/h11-12,14H,2-10H2,1H3. The molecular weight excluding hydrogens is 200 g/mol. The largest absolute Gasteiger partial charge is 0.341 e. The second-order valence-corrected chi connectivity index (χ2v) is 5.38. The number of likely N-dealkylation sites (tertiary alicyclic amines) is 1. The van der Waals surface area contributed by atoms with Crippen molar-refractivity contribution in [2.75, 3.05) is 19.6 Å². The van der Waals surface area contributed by atoms with Gasteiger partial charge in [-0.05, 0) is 38.1 Å². The van der Waals surface area contributed by atoms with Crippen LogP contribution in [0.5, 0.6) is 0 Å². The van der Waals surface area contributed by atoms with E-state index in [2.05, 4.69) is 17.1 Å². The van der Waals surface area contributed by atoms with E-state index in [1.165, 1.54) is 32.1 Å². The molecule has 0 radical (unpaired) electrons. The van der Waals surface area contributed by atoms with Gasteiger partial charge in [-0.2, -0.15) is 0 Å². The third-order valence-electron chi connectivity index (χ3n) is 3.88. The lowest BCUT2D eigenvalue weighted by molar-refractivity contribution is -0.134. The van der Waals surface area contributed by atoms with Gasteiger partial charge in [0.05, 0.1) is 6.04 Å². The van der Waals surface area contributed by atoms with Crippen molar-refractivity contribution in [3.05, 3.63) is 0 Å². The highest BCUT2D eigenvalue weighted by atomic mass is 16.2. The van der Waals surface area contributed by atoms with Gasteiger partial charge in [0.2, 0.25) is 5.91 Å². The molecule has 0 aromatic heterocycles. The first-order valence-corrected chi connectivity index (χ1v) is 6.79. The first-order valence-electron chi connectivity index (χ1n) is 6.79. The molecule has 2 aliphatic heterocycles. The average molecular weight is 224 g/mol. The number of piperidine rings is 1. The number of carbonyl (C=O) groups is 1. The Hall–Kier alpha value is -0.570. The third kappa shape index (κ3) is 2.97. The van der Waals surface area contributed by atoms with Crippen molar-refractivity contribution < 1.29 is 4.79 Å². The van der Waals surface area contributed by atoms with Crippen molar-refractivity contribution in [2.45, 2.75) is 51.5 Å². The minimum absolute atomic E-state index is 0.0989. The molecule has 0 bridgehead atoms. The number of hydrogen-bond donors (Lipinski definition) is 1. The zero-order chi connectivity index (χ0) is 11.4. The van der Waals surface area contributed by atoms with E-state index in [1.807, 2.05) is 0 Å². The highest BCUT2D eigenvalue weighted by Crippen LogP contribution is 2.18. The van der Waals surface area contributed by atoms with Crippen LogP contribution in [0.15, 0.2) is 0 Å². The molecule has 0 aliphatic carbocycles. The van der Waals surface area contributed by atoms with Gasteiger partial charge in [-0.1, -0.05) is 19.8 Å². The number of rotatable bonds is 1. The minimum atomic E-state index is 0.0989. The molecule has 0 spiro atoms. The molecule has 0 saturated carbocycles. The molecule has 0 aromatic carbocycles. The van der Waals surface area contributed by atoms with Crippen LogP contribution in [0.3, 0.4) is 0 Å². The van der Waals surface area contributed by atoms with E-state index < -0.39 is 0 Å². The van der Waals surface area contributed by atoms with Crippen LogP contribution in [0.4, 0.5) is 0 Å². The number of hydrogen-bond acceptors (Lipinski definition) is 2. The summed E-state index contributed by atoms with van der Waals surface area (Å²) < 4.78 is 0. The number of carbonyl (C=O) groups excluding carboxylic acids is 1. The van der Waals surface area contributed by atoms with Gasteiger partial charge in [0.1, 0.15) is 0 Å². The number of amides is 1. The Kier molecular flexibility index (Phi) is 4.22. The Morgan fingerprint density at radius 1 is 1.19 bits per heavy atom. The molecule has 2 rings (SSSR count). The smallest absolute Gasteiger partial charge is 0.239 e. The SMILES string of the molecule is CC1CCNC(C(=O)N2CCCCCC2)C1.